The molecule has 0 N–H and O–H groups in total. The summed E-state index contributed by atoms with van der Waals surface area (Å²) in [5.41, 5.74) is 0.544. The fourth-order valence-corrected chi connectivity index (χ4v) is 4.62. The molecule has 0 saturated carbocycles. The number of sulfonamides is 1. The number of hydrogen-bond donors (Lipinski definition) is 0. The Morgan fingerprint density at radius 1 is 1.14 bits per heavy atom. The van der Waals surface area contributed by atoms with Gasteiger partial charge in [0.1, 0.15) is 12.4 Å². The maximum atomic E-state index is 13.2. The van der Waals surface area contributed by atoms with Crippen molar-refractivity contribution in [3.63, 3.8) is 0 Å². The number of aromatic nitrogens is 2. The van der Waals surface area contributed by atoms with Crippen molar-refractivity contribution in [3.8, 4) is 17.0 Å². The second kappa shape index (κ2) is 6.80. The van der Waals surface area contributed by atoms with Gasteiger partial charge in [0.15, 0.2) is 0 Å². The van der Waals surface area contributed by atoms with Crippen molar-refractivity contribution < 1.29 is 26.3 Å². The molecule has 0 bridgehead atoms. The fraction of sp³-hybridized carbons (Fsp3) is 0.211. The molecule has 6 nitrogen and oxygen atoms in total. The predicted octanol–water partition coefficient (Wildman–Crippen LogP) is 3.69. The summed E-state index contributed by atoms with van der Waals surface area (Å²) in [5.74, 6) is 0.339. The van der Waals surface area contributed by atoms with E-state index in [1.165, 1.54) is 0 Å². The van der Waals surface area contributed by atoms with Gasteiger partial charge in [-0.05, 0) is 36.4 Å². The molecule has 0 amide bonds. The summed E-state index contributed by atoms with van der Waals surface area (Å²) in [5, 5.41) is 0. The number of aryl methyl sites for hydroxylation is 1. The molecule has 10 heteroatoms. The SMILES string of the molecule is Cn1cnc(-c2ccc3c(c2)N(S(=O)(=O)c2cccc(C(F)(F)F)c2)CCO3)c1. The number of alkyl halides is 3. The van der Waals surface area contributed by atoms with Crippen molar-refractivity contribution in [2.75, 3.05) is 17.5 Å². The molecule has 0 unspecified atom stereocenters. The molecule has 29 heavy (non-hydrogen) atoms. The zero-order chi connectivity index (χ0) is 20.8. The lowest BCUT2D eigenvalue weighted by Crippen LogP contribution is -2.38. The summed E-state index contributed by atoms with van der Waals surface area (Å²) in [6, 6.07) is 8.72. The molecule has 3 aromatic rings. The molecular weight excluding hydrogens is 407 g/mol. The molecule has 1 aliphatic rings. The van der Waals surface area contributed by atoms with Gasteiger partial charge >= 0.3 is 6.18 Å². The van der Waals surface area contributed by atoms with Gasteiger partial charge in [0.2, 0.25) is 0 Å². The topological polar surface area (TPSA) is 64.4 Å². The van der Waals surface area contributed by atoms with Crippen LogP contribution in [0.2, 0.25) is 0 Å². The molecule has 0 spiro atoms. The monoisotopic (exact) mass is 423 g/mol. The van der Waals surface area contributed by atoms with Crippen LogP contribution >= 0.6 is 0 Å². The van der Waals surface area contributed by atoms with E-state index < -0.39 is 26.7 Å². The Labute approximate surface area is 165 Å². The third-order valence-corrected chi connectivity index (χ3v) is 6.34. The molecular formula is C19H16F3N3O3S. The first-order valence-corrected chi connectivity index (χ1v) is 10.1. The number of rotatable bonds is 3. The van der Waals surface area contributed by atoms with Gasteiger partial charge in [-0.25, -0.2) is 13.4 Å². The molecule has 0 aliphatic carbocycles. The molecule has 1 aromatic heterocycles. The van der Waals surface area contributed by atoms with E-state index in [2.05, 4.69) is 4.98 Å². The van der Waals surface area contributed by atoms with Crippen LogP contribution in [0.25, 0.3) is 11.3 Å². The summed E-state index contributed by atoms with van der Waals surface area (Å²) in [4.78, 5) is 3.82. The van der Waals surface area contributed by atoms with E-state index in [-0.39, 0.29) is 18.8 Å². The van der Waals surface area contributed by atoms with E-state index >= 15 is 0 Å². The smallest absolute Gasteiger partial charge is 0.416 e. The second-order valence-corrected chi connectivity index (χ2v) is 8.42. The van der Waals surface area contributed by atoms with E-state index in [4.69, 9.17) is 4.74 Å². The minimum Gasteiger partial charge on any atom is -0.489 e. The summed E-state index contributed by atoms with van der Waals surface area (Å²) in [6.45, 7) is 0.0748. The Kier molecular flexibility index (Phi) is 4.53. The van der Waals surface area contributed by atoms with Crippen molar-refractivity contribution in [1.29, 1.82) is 0 Å². The third-order valence-electron chi connectivity index (χ3n) is 4.53. The van der Waals surface area contributed by atoms with Crippen LogP contribution in [0.4, 0.5) is 18.9 Å². The van der Waals surface area contributed by atoms with Crippen LogP contribution in [-0.4, -0.2) is 31.1 Å². The Bertz CT molecular complexity index is 1170. The lowest BCUT2D eigenvalue weighted by atomic mass is 10.1. The maximum absolute atomic E-state index is 13.2. The van der Waals surface area contributed by atoms with Gasteiger partial charge in [-0.1, -0.05) is 6.07 Å². The Balaban J connectivity index is 1.79. The second-order valence-electron chi connectivity index (χ2n) is 6.56. The van der Waals surface area contributed by atoms with Gasteiger partial charge in [0.05, 0.1) is 34.7 Å². The lowest BCUT2D eigenvalue weighted by molar-refractivity contribution is -0.137. The van der Waals surface area contributed by atoms with E-state index in [1.54, 1.807) is 35.3 Å². The van der Waals surface area contributed by atoms with Crippen molar-refractivity contribution in [2.24, 2.45) is 7.05 Å². The number of fused-ring (bicyclic) bond motifs is 1. The zero-order valence-electron chi connectivity index (χ0n) is 15.2. The Hall–Kier alpha value is -3.01. The van der Waals surface area contributed by atoms with Crippen LogP contribution in [0.15, 0.2) is 59.9 Å². The molecule has 2 aromatic carbocycles. The Morgan fingerprint density at radius 2 is 1.93 bits per heavy atom. The molecule has 1 aliphatic heterocycles. The number of benzene rings is 2. The minimum atomic E-state index is -4.64. The van der Waals surface area contributed by atoms with E-state index in [1.807, 2.05) is 7.05 Å². The van der Waals surface area contributed by atoms with Gasteiger partial charge in [-0.15, -0.1) is 0 Å². The van der Waals surface area contributed by atoms with Crippen LogP contribution in [0.1, 0.15) is 5.56 Å². The highest BCUT2D eigenvalue weighted by atomic mass is 32.2. The standard InChI is InChI=1S/C19H16F3N3O3S/c1-24-11-16(23-12-24)13-5-6-18-17(9-13)25(7-8-28-18)29(26,27)15-4-2-3-14(10-15)19(20,21)22/h2-6,9-12H,7-8H2,1H3. The molecule has 4 rings (SSSR count). The first-order chi connectivity index (χ1) is 13.7. The van der Waals surface area contributed by atoms with Crippen molar-refractivity contribution >= 4 is 15.7 Å². The van der Waals surface area contributed by atoms with E-state index in [9.17, 15) is 21.6 Å². The molecule has 152 valence electrons. The van der Waals surface area contributed by atoms with Crippen LogP contribution in [0.5, 0.6) is 5.75 Å². The number of halogens is 3. The van der Waals surface area contributed by atoms with Crippen LogP contribution < -0.4 is 9.04 Å². The average Bonchev–Trinajstić information content (AvgIpc) is 3.13. The Morgan fingerprint density at radius 3 is 2.62 bits per heavy atom. The first kappa shape index (κ1) is 19.3. The van der Waals surface area contributed by atoms with Crippen molar-refractivity contribution in [1.82, 2.24) is 9.55 Å². The highest BCUT2D eigenvalue weighted by Gasteiger charge is 2.34. The van der Waals surface area contributed by atoms with Crippen molar-refractivity contribution in [2.45, 2.75) is 11.1 Å². The minimum absolute atomic E-state index is 0.0166. The van der Waals surface area contributed by atoms with Crippen LogP contribution in [0, 0.1) is 0 Å². The largest absolute Gasteiger partial charge is 0.489 e. The van der Waals surface area contributed by atoms with E-state index in [0.29, 0.717) is 23.1 Å². The summed E-state index contributed by atoms with van der Waals surface area (Å²) in [6.07, 6.45) is -1.25. The molecule has 0 fully saturated rings. The van der Waals surface area contributed by atoms with Crippen molar-refractivity contribution in [3.05, 3.63) is 60.6 Å². The number of hydrogen-bond acceptors (Lipinski definition) is 4. The molecule has 0 atom stereocenters. The number of anilines is 1. The highest BCUT2D eigenvalue weighted by molar-refractivity contribution is 7.92. The summed E-state index contributed by atoms with van der Waals surface area (Å²) >= 11 is 0. The maximum Gasteiger partial charge on any atom is 0.416 e. The van der Waals surface area contributed by atoms with Gasteiger partial charge in [0.25, 0.3) is 10.0 Å². The van der Waals surface area contributed by atoms with Gasteiger partial charge in [-0.2, -0.15) is 13.2 Å². The molecule has 2 heterocycles. The summed E-state index contributed by atoms with van der Waals surface area (Å²) in [7, 11) is -2.42. The van der Waals surface area contributed by atoms with Crippen LogP contribution in [-0.2, 0) is 23.2 Å². The highest BCUT2D eigenvalue weighted by Crippen LogP contribution is 2.39. The third kappa shape index (κ3) is 3.55. The molecule has 0 saturated heterocycles. The van der Waals surface area contributed by atoms with E-state index in [0.717, 1.165) is 22.5 Å². The number of nitrogens with zero attached hydrogens (tertiary/aromatic N) is 3. The van der Waals surface area contributed by atoms with Gasteiger partial charge in [0, 0.05) is 18.8 Å². The fourth-order valence-electron chi connectivity index (χ4n) is 3.12. The quantitative estimate of drug-likeness (QED) is 0.645. The average molecular weight is 423 g/mol. The van der Waals surface area contributed by atoms with Crippen LogP contribution in [0.3, 0.4) is 0 Å². The molecule has 0 radical (unpaired) electrons. The number of ether oxygens (including phenoxy) is 1. The number of imidazole rings is 1. The zero-order valence-corrected chi connectivity index (χ0v) is 16.0. The lowest BCUT2D eigenvalue weighted by Gasteiger charge is -2.31. The predicted molar refractivity (Wildman–Crippen MR) is 100 cm³/mol. The summed E-state index contributed by atoms with van der Waals surface area (Å²) < 4.78 is 73.8. The normalized spacial score (nSPS) is 14.4. The van der Waals surface area contributed by atoms with Gasteiger partial charge < -0.3 is 9.30 Å². The van der Waals surface area contributed by atoms with Gasteiger partial charge in [-0.3, -0.25) is 4.31 Å². The first-order valence-electron chi connectivity index (χ1n) is 8.61.